The van der Waals surface area contributed by atoms with Crippen LogP contribution >= 0.6 is 0 Å². The summed E-state index contributed by atoms with van der Waals surface area (Å²) in [6.45, 7) is 0.444. The lowest BCUT2D eigenvalue weighted by atomic mass is 9.62. The molecular formula is C29H36N4O9. The molecule has 13 heteroatoms. The van der Waals surface area contributed by atoms with Gasteiger partial charge in [-0.3, -0.25) is 24.0 Å². The Labute approximate surface area is 243 Å². The van der Waals surface area contributed by atoms with Crippen molar-refractivity contribution in [2.45, 2.75) is 62.3 Å². The van der Waals surface area contributed by atoms with Crippen LogP contribution in [0.2, 0.25) is 0 Å². The van der Waals surface area contributed by atoms with Crippen molar-refractivity contribution >= 4 is 29.8 Å². The second kappa shape index (κ2) is 11.4. The zero-order chi connectivity index (χ0) is 29.6. The Morgan fingerprint density at radius 1 is 1.17 bits per heavy atom. The zero-order valence-corrected chi connectivity index (χ0v) is 23.6. The van der Waals surface area contributed by atoms with E-state index in [4.69, 9.17) is 24.2 Å². The van der Waals surface area contributed by atoms with E-state index in [9.17, 15) is 19.2 Å². The molecule has 2 bridgehead atoms. The summed E-state index contributed by atoms with van der Waals surface area (Å²) in [6.07, 6.45) is 1.86. The van der Waals surface area contributed by atoms with Gasteiger partial charge in [0.25, 0.3) is 0 Å². The first-order valence-corrected chi connectivity index (χ1v) is 14.3. The normalized spacial score (nSPS) is 33.5. The van der Waals surface area contributed by atoms with Crippen LogP contribution in [0.3, 0.4) is 0 Å². The van der Waals surface area contributed by atoms with Crippen molar-refractivity contribution in [3.05, 3.63) is 41.5 Å². The van der Waals surface area contributed by atoms with E-state index in [1.807, 2.05) is 24.3 Å². The second-order valence-corrected chi connectivity index (χ2v) is 11.6. The van der Waals surface area contributed by atoms with Gasteiger partial charge in [0.2, 0.25) is 17.7 Å². The number of benzene rings is 1. The van der Waals surface area contributed by atoms with Gasteiger partial charge < -0.3 is 34.4 Å². The Morgan fingerprint density at radius 3 is 2.67 bits per heavy atom. The molecule has 2 N–H and O–H groups in total. The highest BCUT2D eigenvalue weighted by atomic mass is 16.8. The topological polar surface area (TPSA) is 147 Å². The fraction of sp³-hybridized carbons (Fsp3) is 0.586. The minimum atomic E-state index is -1.33. The fourth-order valence-electron chi connectivity index (χ4n) is 6.89. The van der Waals surface area contributed by atoms with Crippen LogP contribution in [0.25, 0.3) is 6.08 Å². The maximum absolute atomic E-state index is 14.6. The number of hydroxylamine groups is 2. The highest BCUT2D eigenvalue weighted by Crippen LogP contribution is 2.56. The number of amides is 3. The predicted molar refractivity (Wildman–Crippen MR) is 145 cm³/mol. The Morgan fingerprint density at radius 2 is 1.93 bits per heavy atom. The highest BCUT2D eigenvalue weighted by Gasteiger charge is 2.75. The molecule has 13 nitrogen and oxygen atoms in total. The van der Waals surface area contributed by atoms with Crippen LogP contribution in [0, 0.1) is 5.41 Å². The molecule has 4 saturated heterocycles. The summed E-state index contributed by atoms with van der Waals surface area (Å²) < 4.78 is 17.5. The van der Waals surface area contributed by atoms with E-state index in [1.165, 1.54) is 16.0 Å². The molecule has 0 aromatic heterocycles. The molecule has 0 unspecified atom stereocenters. The molecule has 4 aliphatic heterocycles. The fourth-order valence-corrected chi connectivity index (χ4v) is 6.89. The van der Waals surface area contributed by atoms with Crippen LogP contribution in [0.5, 0.6) is 0 Å². The smallest absolute Gasteiger partial charge is 0.327 e. The Bertz CT molecular complexity index is 1270. The summed E-state index contributed by atoms with van der Waals surface area (Å²) in [5, 5.41) is 13.4. The van der Waals surface area contributed by atoms with Gasteiger partial charge >= 0.3 is 5.97 Å². The van der Waals surface area contributed by atoms with E-state index in [-0.39, 0.29) is 50.6 Å². The summed E-state index contributed by atoms with van der Waals surface area (Å²) in [5.41, 5.74) is 0.324. The SMILES string of the molecule is CN(C)C(=O)C=Cc1ccc(CN2O[C@@H]3[C@H]4OCO[C@H]4[C@@H]4C[C@]3(C(=O)N3CCC[C@@H]3C(=O)NCCO)[C@@H]2C(=O)O4)cc1. The summed E-state index contributed by atoms with van der Waals surface area (Å²) in [4.78, 5) is 62.5. The lowest BCUT2D eigenvalue weighted by Gasteiger charge is -2.50. The van der Waals surface area contributed by atoms with E-state index in [1.54, 1.807) is 25.1 Å². The first-order chi connectivity index (χ1) is 20.2. The quantitative estimate of drug-likeness (QED) is 0.301. The lowest BCUT2D eigenvalue weighted by molar-refractivity contribution is -0.204. The third-order valence-corrected chi connectivity index (χ3v) is 8.87. The van der Waals surface area contributed by atoms with E-state index in [2.05, 4.69) is 5.32 Å². The number of carbonyl (C=O) groups is 4. The van der Waals surface area contributed by atoms with Gasteiger partial charge in [0.05, 0.1) is 13.2 Å². The van der Waals surface area contributed by atoms with Crippen molar-refractivity contribution in [1.29, 1.82) is 0 Å². The molecule has 3 amide bonds. The molecular weight excluding hydrogens is 548 g/mol. The van der Waals surface area contributed by atoms with Gasteiger partial charge in [0, 0.05) is 39.7 Å². The largest absolute Gasteiger partial charge is 0.458 e. The van der Waals surface area contributed by atoms with Crippen LogP contribution < -0.4 is 5.32 Å². The van der Waals surface area contributed by atoms with Gasteiger partial charge in [-0.1, -0.05) is 24.3 Å². The summed E-state index contributed by atoms with van der Waals surface area (Å²) >= 11 is 0. The van der Waals surface area contributed by atoms with Gasteiger partial charge in [-0.15, -0.1) is 0 Å². The van der Waals surface area contributed by atoms with Gasteiger partial charge in [-0.25, -0.2) is 0 Å². The minimum absolute atomic E-state index is 0.000604. The molecule has 0 radical (unpaired) electrons. The average molecular weight is 585 g/mol. The molecule has 1 aliphatic carbocycles. The molecule has 6 rings (SSSR count). The number of likely N-dealkylation sites (tertiary alicyclic amines) is 1. The molecule has 1 saturated carbocycles. The van der Waals surface area contributed by atoms with Gasteiger partial charge in [-0.05, 0) is 30.0 Å². The number of nitrogens with one attached hydrogen (secondary N) is 1. The van der Waals surface area contributed by atoms with E-state index in [0.717, 1.165) is 11.1 Å². The first-order valence-electron chi connectivity index (χ1n) is 14.3. The standard InChI is InChI=1S/C29H36N4O9/c1-31(2)21(35)10-9-17-5-7-18(8-6-17)15-33-24-27(37)41-20-14-29(24,25(42-33)23-22(20)39-16-40-23)28(38)32-12-3-4-19(32)26(36)30-11-13-34/h5-10,19-20,22-25,34H,3-4,11-16H2,1-2H3,(H,30,36)/t19-,20+,22+,23+,24+,25-,29+/m1/s1. The Hall–Kier alpha value is -3.36. The molecule has 42 heavy (non-hydrogen) atoms. The lowest BCUT2D eigenvalue weighted by Crippen LogP contribution is -2.70. The Balaban J connectivity index is 1.29. The molecule has 5 fully saturated rings. The Kier molecular flexibility index (Phi) is 7.79. The number of ether oxygens (including phenoxy) is 3. The number of aliphatic hydroxyl groups is 1. The minimum Gasteiger partial charge on any atom is -0.458 e. The van der Waals surface area contributed by atoms with Crippen molar-refractivity contribution in [3.63, 3.8) is 0 Å². The predicted octanol–water partition coefficient (Wildman–Crippen LogP) is -0.571. The van der Waals surface area contributed by atoms with Crippen molar-refractivity contribution in [1.82, 2.24) is 20.2 Å². The van der Waals surface area contributed by atoms with E-state index in [0.29, 0.717) is 19.4 Å². The van der Waals surface area contributed by atoms with Crippen molar-refractivity contribution in [3.8, 4) is 0 Å². The summed E-state index contributed by atoms with van der Waals surface area (Å²) in [6, 6.07) is 5.71. The maximum atomic E-state index is 14.6. The van der Waals surface area contributed by atoms with Gasteiger partial charge in [0.15, 0.2) is 6.04 Å². The number of hydrogen-bond acceptors (Lipinski definition) is 10. The monoisotopic (exact) mass is 584 g/mol. The number of fused-ring (bicyclic) bond motifs is 4. The second-order valence-electron chi connectivity index (χ2n) is 11.6. The molecule has 5 aliphatic rings. The van der Waals surface area contributed by atoms with E-state index >= 15 is 0 Å². The third-order valence-electron chi connectivity index (χ3n) is 8.87. The molecule has 1 aromatic rings. The van der Waals surface area contributed by atoms with E-state index < -0.39 is 47.9 Å². The average Bonchev–Trinajstić information content (AvgIpc) is 3.73. The number of hydrogen-bond donors (Lipinski definition) is 2. The van der Waals surface area contributed by atoms with Crippen molar-refractivity contribution < 1.29 is 43.3 Å². The number of esters is 1. The molecule has 4 heterocycles. The number of carbonyl (C=O) groups excluding carboxylic acids is 4. The zero-order valence-electron chi connectivity index (χ0n) is 23.6. The summed E-state index contributed by atoms with van der Waals surface area (Å²) in [5.74, 6) is -1.36. The van der Waals surface area contributed by atoms with Crippen LogP contribution in [0.4, 0.5) is 0 Å². The van der Waals surface area contributed by atoms with Crippen molar-refractivity contribution in [2.24, 2.45) is 5.41 Å². The summed E-state index contributed by atoms with van der Waals surface area (Å²) in [7, 11) is 3.36. The molecule has 226 valence electrons. The highest BCUT2D eigenvalue weighted by molar-refractivity contribution is 5.96. The van der Waals surface area contributed by atoms with Crippen molar-refractivity contribution in [2.75, 3.05) is 40.6 Å². The molecule has 0 spiro atoms. The van der Waals surface area contributed by atoms with Crippen LogP contribution in [0.15, 0.2) is 30.3 Å². The van der Waals surface area contributed by atoms with Crippen LogP contribution in [-0.2, 0) is 44.8 Å². The van der Waals surface area contributed by atoms with Gasteiger partial charge in [0.1, 0.15) is 42.7 Å². The number of aliphatic hydroxyl groups excluding tert-OH is 1. The van der Waals surface area contributed by atoms with Crippen LogP contribution in [0.1, 0.15) is 30.4 Å². The first kappa shape index (κ1) is 28.7. The van der Waals surface area contributed by atoms with Gasteiger partial charge in [-0.2, -0.15) is 5.06 Å². The maximum Gasteiger partial charge on any atom is 0.327 e. The molecule has 1 aromatic carbocycles. The number of nitrogens with zero attached hydrogens (tertiary/aromatic N) is 3. The molecule has 7 atom stereocenters. The third kappa shape index (κ3) is 4.78. The van der Waals surface area contributed by atoms with Crippen LogP contribution in [-0.4, -0.2) is 121 Å². The number of rotatable bonds is 8. The number of likely N-dealkylation sites (N-methyl/N-ethyl adjacent to an activating group) is 1.